The van der Waals surface area contributed by atoms with Crippen molar-refractivity contribution >= 4 is 50.5 Å². The summed E-state index contributed by atoms with van der Waals surface area (Å²) in [6, 6.07) is 26.6. The third kappa shape index (κ3) is 4.46. The topological polar surface area (TPSA) is 44.4 Å². The molecule has 5 heteroatoms. The van der Waals surface area contributed by atoms with Crippen LogP contribution in [0.15, 0.2) is 84.4 Å². The number of thiazole rings is 1. The van der Waals surface area contributed by atoms with Crippen molar-refractivity contribution in [3.8, 4) is 0 Å². The van der Waals surface area contributed by atoms with Gasteiger partial charge in [-0.25, -0.2) is 4.79 Å². The minimum Gasteiger partial charge on any atom is -0.477 e. The van der Waals surface area contributed by atoms with Gasteiger partial charge in [0.1, 0.15) is 4.70 Å². The predicted octanol–water partition coefficient (Wildman–Crippen LogP) is 8.35. The molecule has 1 aliphatic heterocycles. The maximum absolute atomic E-state index is 11.8. The van der Waals surface area contributed by atoms with Gasteiger partial charge in [-0.05, 0) is 84.2 Å². The number of fused-ring (bicyclic) bond motifs is 4. The minimum atomic E-state index is -0.811. The molecular weight excluding hydrogens is 512 g/mol. The van der Waals surface area contributed by atoms with Gasteiger partial charge in [0, 0.05) is 35.0 Å². The maximum Gasteiger partial charge on any atom is 0.370 e. The van der Waals surface area contributed by atoms with Crippen LogP contribution in [-0.2, 0) is 11.3 Å². The van der Waals surface area contributed by atoms with Crippen LogP contribution in [0.1, 0.15) is 68.0 Å². The van der Waals surface area contributed by atoms with E-state index in [1.807, 2.05) is 22.8 Å². The molecule has 202 valence electrons. The van der Waals surface area contributed by atoms with Gasteiger partial charge >= 0.3 is 5.97 Å². The summed E-state index contributed by atoms with van der Waals surface area (Å²) in [5.74, 6) is -0.217. The maximum atomic E-state index is 11.8. The molecule has 0 amide bonds. The Morgan fingerprint density at radius 1 is 1.05 bits per heavy atom. The second-order valence-electron chi connectivity index (χ2n) is 12.4. The molecule has 1 fully saturated rings. The molecule has 0 saturated heterocycles. The highest BCUT2D eigenvalue weighted by Crippen LogP contribution is 2.52. The van der Waals surface area contributed by atoms with Crippen LogP contribution in [0.4, 0.5) is 11.4 Å². The van der Waals surface area contributed by atoms with Gasteiger partial charge in [-0.2, -0.15) is 4.57 Å². The van der Waals surface area contributed by atoms with E-state index < -0.39 is 5.97 Å². The summed E-state index contributed by atoms with van der Waals surface area (Å²) >= 11 is 1.70. The molecule has 1 aromatic heterocycles. The molecule has 4 nitrogen and oxygen atoms in total. The number of hydrogen-bond donors (Lipinski definition) is 1. The monoisotopic (exact) mass is 547 g/mol. The largest absolute Gasteiger partial charge is 0.477 e. The number of hydrogen-bond acceptors (Lipinski definition) is 3. The van der Waals surface area contributed by atoms with Crippen LogP contribution in [0.25, 0.3) is 21.9 Å². The Bertz CT molecular complexity index is 1680. The first kappa shape index (κ1) is 25.3. The lowest BCUT2D eigenvalue weighted by Crippen LogP contribution is -2.40. The lowest BCUT2D eigenvalue weighted by molar-refractivity contribution is -0.658. The molecule has 0 bridgehead atoms. The number of nitrogens with zero attached hydrogens (tertiary/aromatic N) is 2. The zero-order valence-electron chi connectivity index (χ0n) is 23.1. The van der Waals surface area contributed by atoms with Crippen molar-refractivity contribution in [3.05, 3.63) is 101 Å². The van der Waals surface area contributed by atoms with Crippen LogP contribution >= 0.6 is 11.3 Å². The third-order valence-electron chi connectivity index (χ3n) is 8.80. The normalized spacial score (nSPS) is 22.4. The van der Waals surface area contributed by atoms with Crippen molar-refractivity contribution in [2.24, 2.45) is 5.41 Å². The summed E-state index contributed by atoms with van der Waals surface area (Å²) in [5.41, 5.74) is 9.04. The van der Waals surface area contributed by atoms with Crippen molar-refractivity contribution in [2.45, 2.75) is 64.5 Å². The van der Waals surface area contributed by atoms with Gasteiger partial charge in [0.2, 0.25) is 12.1 Å². The van der Waals surface area contributed by atoms with Gasteiger partial charge in [0.25, 0.3) is 5.01 Å². The fraction of sp³-hybridized carbons (Fsp3) is 0.314. The molecular formula is C35H35N2O2S+. The number of carbonyl (C=O) groups is 1. The van der Waals surface area contributed by atoms with Crippen LogP contribution in [0.5, 0.6) is 0 Å². The van der Waals surface area contributed by atoms with Gasteiger partial charge in [-0.15, -0.1) is 0 Å². The van der Waals surface area contributed by atoms with Crippen LogP contribution in [-0.4, -0.2) is 17.1 Å². The van der Waals surface area contributed by atoms with Gasteiger partial charge in [-0.3, -0.25) is 0 Å². The number of allylic oxidation sites excluding steroid dienone is 3. The molecule has 1 saturated carbocycles. The predicted molar refractivity (Wildman–Crippen MR) is 164 cm³/mol. The molecule has 3 aliphatic rings. The number of aromatic nitrogens is 1. The summed E-state index contributed by atoms with van der Waals surface area (Å²) in [6.07, 6.45) is 10.4. The van der Waals surface area contributed by atoms with Crippen LogP contribution < -0.4 is 9.47 Å². The number of rotatable bonds is 5. The highest BCUT2D eigenvalue weighted by molar-refractivity contribution is 7.19. The summed E-state index contributed by atoms with van der Waals surface area (Å²) < 4.78 is 3.11. The number of para-hydroxylation sites is 2. The van der Waals surface area contributed by atoms with Gasteiger partial charge in [0.15, 0.2) is 0 Å². The highest BCUT2D eigenvalue weighted by Gasteiger charge is 2.42. The molecule has 4 aromatic rings. The van der Waals surface area contributed by atoms with E-state index in [-0.39, 0.29) is 12.0 Å². The second-order valence-corrected chi connectivity index (χ2v) is 13.4. The zero-order chi connectivity index (χ0) is 27.4. The van der Waals surface area contributed by atoms with Crippen molar-refractivity contribution in [3.63, 3.8) is 0 Å². The first-order valence-corrected chi connectivity index (χ1v) is 15.2. The summed E-state index contributed by atoms with van der Waals surface area (Å²) in [7, 11) is 0. The van der Waals surface area contributed by atoms with E-state index in [4.69, 9.17) is 0 Å². The zero-order valence-corrected chi connectivity index (χ0v) is 24.0. The SMILES string of the molecule is CC1(C)CC(=Cc2ccc3c(c2)C2CCCC2N3c2ccccc2)C=C(c2sc3ccccc3[n+]2CC(=O)O)C1. The fourth-order valence-electron chi connectivity index (χ4n) is 7.36. The third-order valence-corrected chi connectivity index (χ3v) is 10.0. The first-order valence-electron chi connectivity index (χ1n) is 14.4. The van der Waals surface area contributed by atoms with E-state index in [0.717, 1.165) is 28.1 Å². The standard InChI is InChI=1S/C35H34N2O2S/c1-35(2)20-24(18-25(21-35)34-36(22-33(38)39)31-12-6-7-14-32(31)40-34)17-23-15-16-30-28(19-23)27-11-8-13-29(27)37(30)26-9-4-3-5-10-26/h3-7,9-10,12,14-19,27,29H,8,11,13,20-22H2,1-2H3/p+1. The second kappa shape index (κ2) is 9.74. The van der Waals surface area contributed by atoms with Gasteiger partial charge in [-0.1, -0.05) is 74.1 Å². The molecule has 1 N–H and O–H groups in total. The molecule has 3 aromatic carbocycles. The quantitative estimate of drug-likeness (QED) is 0.255. The number of benzene rings is 3. The minimum absolute atomic E-state index is 0.0263. The molecule has 7 rings (SSSR count). The Hall–Kier alpha value is -3.70. The van der Waals surface area contributed by atoms with Crippen molar-refractivity contribution < 1.29 is 14.5 Å². The lowest BCUT2D eigenvalue weighted by Gasteiger charge is -2.30. The highest BCUT2D eigenvalue weighted by atomic mass is 32.1. The smallest absolute Gasteiger partial charge is 0.370 e. The van der Waals surface area contributed by atoms with Gasteiger partial charge in [0.05, 0.1) is 0 Å². The number of aliphatic carboxylic acids is 1. The summed E-state index contributed by atoms with van der Waals surface area (Å²) in [4.78, 5) is 14.4. The lowest BCUT2D eigenvalue weighted by atomic mass is 9.75. The molecule has 2 aliphatic carbocycles. The Kier molecular flexibility index (Phi) is 6.16. The van der Waals surface area contributed by atoms with Gasteiger partial charge < -0.3 is 10.0 Å². The Labute approximate surface area is 239 Å². The molecule has 0 spiro atoms. The number of carboxylic acid groups (broad SMARTS) is 1. The summed E-state index contributed by atoms with van der Waals surface area (Å²) in [5, 5.41) is 10.8. The Morgan fingerprint density at radius 2 is 1.85 bits per heavy atom. The first-order chi connectivity index (χ1) is 19.4. The molecule has 40 heavy (non-hydrogen) atoms. The Morgan fingerprint density at radius 3 is 2.67 bits per heavy atom. The Balaban J connectivity index is 1.29. The molecule has 0 radical (unpaired) electrons. The summed E-state index contributed by atoms with van der Waals surface area (Å²) in [6.45, 7) is 4.62. The number of anilines is 2. The average molecular weight is 548 g/mol. The van der Waals surface area contributed by atoms with E-state index in [2.05, 4.69) is 85.5 Å². The van der Waals surface area contributed by atoms with E-state index in [0.29, 0.717) is 12.0 Å². The molecule has 2 unspecified atom stereocenters. The molecule has 2 heterocycles. The van der Waals surface area contributed by atoms with Crippen molar-refractivity contribution in [2.75, 3.05) is 4.90 Å². The van der Waals surface area contributed by atoms with E-state index >= 15 is 0 Å². The van der Waals surface area contributed by atoms with Crippen LogP contribution in [0.3, 0.4) is 0 Å². The van der Waals surface area contributed by atoms with Crippen molar-refractivity contribution in [1.29, 1.82) is 0 Å². The van der Waals surface area contributed by atoms with E-state index in [1.54, 1.807) is 11.3 Å². The van der Waals surface area contributed by atoms with Crippen LogP contribution in [0.2, 0.25) is 0 Å². The van der Waals surface area contributed by atoms with E-state index in [9.17, 15) is 9.90 Å². The number of carboxylic acids is 1. The average Bonchev–Trinajstić information content (AvgIpc) is 3.61. The van der Waals surface area contributed by atoms with E-state index in [1.165, 1.54) is 52.9 Å². The van der Waals surface area contributed by atoms with Crippen LogP contribution in [0, 0.1) is 5.41 Å². The van der Waals surface area contributed by atoms with Crippen molar-refractivity contribution in [1.82, 2.24) is 0 Å². The molecule has 2 atom stereocenters. The fourth-order valence-corrected chi connectivity index (χ4v) is 8.53.